The molecule has 8 nitrogen and oxygen atoms in total. The van der Waals surface area contributed by atoms with Gasteiger partial charge in [0.05, 0.1) is 24.3 Å². The zero-order valence-corrected chi connectivity index (χ0v) is 44.6. The summed E-state index contributed by atoms with van der Waals surface area (Å²) in [7, 11) is 0. The fraction of sp³-hybridized carbons (Fsp3) is 0.667. The molecule has 0 aliphatic heterocycles. The Morgan fingerprint density at radius 1 is 0.672 bits per heavy atom. The second-order valence-corrected chi connectivity index (χ2v) is 33.5. The predicted molar refractivity (Wildman–Crippen MR) is 252 cm³/mol. The number of hydrogen-bond acceptors (Lipinski definition) is 6. The molecule has 0 aliphatic rings. The van der Waals surface area contributed by atoms with Gasteiger partial charge in [0.1, 0.15) is 12.1 Å². The molecule has 2 atom stereocenters. The molecule has 16 heteroatoms. The fourth-order valence-electron chi connectivity index (χ4n) is 7.27. The summed E-state index contributed by atoms with van der Waals surface area (Å²) in [6.07, 6.45) is 5.40. The van der Waals surface area contributed by atoms with Crippen molar-refractivity contribution in [1.82, 2.24) is 9.13 Å². The predicted octanol–water partition coefficient (Wildman–Crippen LogP) is 14.3. The molecular formula is C48H75BrF6N2O6Sn. The first-order chi connectivity index (χ1) is 29.5. The molecule has 0 radical (unpaired) electrons. The number of rotatable bonds is 21. The molecule has 0 saturated heterocycles. The van der Waals surface area contributed by atoms with Crippen LogP contribution >= 0.6 is 15.9 Å². The van der Waals surface area contributed by atoms with Crippen LogP contribution in [0.3, 0.4) is 0 Å². The van der Waals surface area contributed by atoms with Gasteiger partial charge in [-0.1, -0.05) is 47.6 Å². The quantitative estimate of drug-likeness (QED) is 0.0535. The van der Waals surface area contributed by atoms with Gasteiger partial charge in [-0.2, -0.15) is 26.3 Å². The third kappa shape index (κ3) is 22.1. The van der Waals surface area contributed by atoms with Crippen molar-refractivity contribution in [1.29, 1.82) is 0 Å². The summed E-state index contributed by atoms with van der Waals surface area (Å²) in [5.41, 5.74) is -4.63. The first-order valence-corrected chi connectivity index (χ1v) is 31.2. The van der Waals surface area contributed by atoms with Gasteiger partial charge >= 0.3 is 132 Å². The maximum atomic E-state index is 13.2. The summed E-state index contributed by atoms with van der Waals surface area (Å²) in [6.45, 7) is 29.2. The van der Waals surface area contributed by atoms with Crippen LogP contribution < -0.4 is 11.1 Å². The van der Waals surface area contributed by atoms with E-state index in [1.807, 2.05) is 41.5 Å². The van der Waals surface area contributed by atoms with Crippen LogP contribution in [0.25, 0.3) is 0 Å². The van der Waals surface area contributed by atoms with Crippen molar-refractivity contribution in [3.63, 3.8) is 0 Å². The van der Waals surface area contributed by atoms with E-state index in [4.69, 9.17) is 9.47 Å². The maximum Gasteiger partial charge on any atom is 0.417 e. The molecule has 0 saturated carbocycles. The van der Waals surface area contributed by atoms with E-state index in [2.05, 4.69) is 55.9 Å². The molecule has 366 valence electrons. The second kappa shape index (κ2) is 28.4. The van der Waals surface area contributed by atoms with Crippen LogP contribution in [-0.2, 0) is 37.8 Å². The van der Waals surface area contributed by atoms with Gasteiger partial charge in [0.2, 0.25) is 0 Å². The second-order valence-electron chi connectivity index (χ2n) is 18.6. The number of carbonyl (C=O) groups excluding carboxylic acids is 2. The van der Waals surface area contributed by atoms with Gasteiger partial charge < -0.3 is 18.6 Å². The summed E-state index contributed by atoms with van der Waals surface area (Å²) in [4.78, 5) is 48.9. The number of esters is 2. The Morgan fingerprint density at radius 3 is 1.36 bits per heavy atom. The van der Waals surface area contributed by atoms with Crippen LogP contribution in [0.4, 0.5) is 26.3 Å². The van der Waals surface area contributed by atoms with Gasteiger partial charge in [0.15, 0.2) is 0 Å². The molecule has 2 aromatic rings. The van der Waals surface area contributed by atoms with E-state index < -0.39 is 77.0 Å². The van der Waals surface area contributed by atoms with E-state index in [1.54, 1.807) is 27.2 Å². The monoisotopic (exact) mass is 1090 g/mol. The molecule has 0 aromatic carbocycles. The minimum Gasteiger partial charge on any atom is -0.464 e. The number of ether oxygens (including phenoxy) is 2. The molecule has 2 rings (SSSR count). The topological polar surface area (TPSA) is 96.6 Å². The average Bonchev–Trinajstić information content (AvgIpc) is 3.17. The average molecular weight is 1090 g/mol. The number of hydrogen-bond donors (Lipinski definition) is 0. The van der Waals surface area contributed by atoms with Crippen molar-refractivity contribution in [3.8, 4) is 0 Å². The summed E-state index contributed by atoms with van der Waals surface area (Å²) in [6, 6.07) is -0.952. The van der Waals surface area contributed by atoms with E-state index in [0.29, 0.717) is 12.1 Å². The number of alkyl halides is 6. The third-order valence-electron chi connectivity index (χ3n) is 10.3. The smallest absolute Gasteiger partial charge is 0.417 e. The summed E-state index contributed by atoms with van der Waals surface area (Å²) < 4.78 is 96.0. The Morgan fingerprint density at radius 2 is 1.05 bits per heavy atom. The van der Waals surface area contributed by atoms with Crippen molar-refractivity contribution < 1.29 is 45.4 Å². The van der Waals surface area contributed by atoms with Gasteiger partial charge in [0, 0.05) is 29.0 Å². The Labute approximate surface area is 390 Å². The van der Waals surface area contributed by atoms with Gasteiger partial charge in [-0.15, -0.1) is 6.58 Å². The van der Waals surface area contributed by atoms with Crippen molar-refractivity contribution in [2.24, 2.45) is 10.8 Å². The molecule has 2 aromatic heterocycles. The van der Waals surface area contributed by atoms with E-state index in [9.17, 15) is 45.5 Å². The Kier molecular flexibility index (Phi) is 27.1. The molecule has 2 heterocycles. The number of halogens is 7. The number of unbranched alkanes of at least 4 members (excludes halogenated alkanes) is 3. The Hall–Kier alpha value is -2.82. The summed E-state index contributed by atoms with van der Waals surface area (Å²) in [5.74, 6) is -1.28. The molecule has 0 aliphatic carbocycles. The molecule has 2 unspecified atom stereocenters. The molecule has 0 fully saturated rings. The van der Waals surface area contributed by atoms with Crippen LogP contribution in [-0.4, -0.2) is 52.7 Å². The van der Waals surface area contributed by atoms with Gasteiger partial charge in [-0.3, -0.25) is 9.59 Å². The summed E-state index contributed by atoms with van der Waals surface area (Å²) in [5, 5.41) is 0. The molecule has 0 N–H and O–H groups in total. The number of nitrogens with zero attached hydrogens (tertiary/aromatic N) is 2. The molecule has 0 spiro atoms. The Balaban J connectivity index is 0.000000954. The van der Waals surface area contributed by atoms with Crippen LogP contribution in [0.1, 0.15) is 156 Å². The first kappa shape index (κ1) is 61.2. The van der Waals surface area contributed by atoms with Crippen molar-refractivity contribution in [3.05, 3.63) is 91.7 Å². The van der Waals surface area contributed by atoms with Gasteiger partial charge in [-0.25, -0.2) is 9.59 Å². The van der Waals surface area contributed by atoms with Crippen molar-refractivity contribution in [2.45, 2.75) is 176 Å². The first-order valence-electron chi connectivity index (χ1n) is 22.4. The largest absolute Gasteiger partial charge is 0.464 e. The minimum atomic E-state index is -4.65. The van der Waals surface area contributed by atoms with Gasteiger partial charge in [0.25, 0.3) is 11.1 Å². The summed E-state index contributed by atoms with van der Waals surface area (Å²) >= 11 is 1.04. The standard InChI is InChI=1S/C18H24F3NO3.C15H19BrF3NO3.3C4H9.C3H5.Sn/c1-6-8-12-11-22(15(23)9-13(12)18(19,20)21)14(10-17(3,4)5)16(24)25-7-2;1-5-23-13(22)11(7-14(2,3)4)20-8-10(16)9(6-12(20)21)15(17,18)19;3*1-3-4-2;1-3-2;/h6,9,11,14H,1,7-8,10H2,2-5H3;6,8,11H,5,7H2,1-4H3;3*1,3-4H2,2H3;3H,1-2H2;. The maximum absolute atomic E-state index is 13.2. The number of pyridine rings is 2. The van der Waals surface area contributed by atoms with Crippen LogP contribution in [0.2, 0.25) is 17.7 Å². The number of aromatic nitrogens is 2. The zero-order chi connectivity index (χ0) is 49.7. The molecule has 0 amide bonds. The molecular weight excluding hydrogens is 1010 g/mol. The van der Waals surface area contributed by atoms with Gasteiger partial charge in [-0.05, 0) is 65.4 Å². The van der Waals surface area contributed by atoms with E-state index >= 15 is 0 Å². The molecule has 64 heavy (non-hydrogen) atoms. The van der Waals surface area contributed by atoms with Crippen LogP contribution in [0.5, 0.6) is 0 Å². The zero-order valence-electron chi connectivity index (χ0n) is 40.1. The van der Waals surface area contributed by atoms with Crippen molar-refractivity contribution in [2.75, 3.05) is 13.2 Å². The van der Waals surface area contributed by atoms with Crippen molar-refractivity contribution >= 4 is 46.2 Å². The van der Waals surface area contributed by atoms with Crippen LogP contribution in [0.15, 0.2) is 63.9 Å². The van der Waals surface area contributed by atoms with E-state index in [-0.39, 0.29) is 53.3 Å². The van der Waals surface area contributed by atoms with E-state index in [0.717, 1.165) is 21.5 Å². The minimum absolute atomic E-state index is 0.0693. The molecule has 0 bridgehead atoms. The third-order valence-corrected chi connectivity index (χ3v) is 26.4. The van der Waals surface area contributed by atoms with Crippen LogP contribution in [0, 0.1) is 10.8 Å². The fourth-order valence-corrected chi connectivity index (χ4v) is 22.9. The normalized spacial score (nSPS) is 13.1. The SMILES string of the molecule is C=CCc1cn(C(CC(C)(C)C)C(=O)OCC)c(=O)cc1C(F)(F)F.C=C[CH2][Sn]([CH2]CCC)([CH2]CCC)[CH2]CCC.CCOC(=O)C(CC(C)(C)C)n1cc(Br)c(C(F)(F)F)cc1=O. The van der Waals surface area contributed by atoms with E-state index in [1.165, 1.54) is 49.0 Å². The Bertz CT molecular complexity index is 1860. The number of carbonyl (C=O) groups is 2. The number of allylic oxidation sites excluding steroid dienone is 2.